The molecule has 10 heteroatoms. The van der Waals surface area contributed by atoms with Crippen molar-refractivity contribution in [2.75, 3.05) is 18.0 Å². The van der Waals surface area contributed by atoms with Gasteiger partial charge in [-0.05, 0) is 79.4 Å². The molecule has 1 aliphatic heterocycles. The quantitative estimate of drug-likeness (QED) is 0.257. The van der Waals surface area contributed by atoms with E-state index in [0.29, 0.717) is 48.7 Å². The molecule has 0 atom stereocenters. The summed E-state index contributed by atoms with van der Waals surface area (Å²) in [5, 5.41) is 18.3. The molecule has 0 amide bonds. The number of alkyl halides is 3. The molecule has 0 bridgehead atoms. The number of nitrogens with zero attached hydrogens (tertiary/aromatic N) is 4. The van der Waals surface area contributed by atoms with Gasteiger partial charge in [0, 0.05) is 30.4 Å². The molecule has 7 nitrogen and oxygen atoms in total. The monoisotopic (exact) mass is 572 g/mol. The van der Waals surface area contributed by atoms with Crippen LogP contribution in [0.25, 0.3) is 22.5 Å². The van der Waals surface area contributed by atoms with E-state index in [4.69, 9.17) is 10.00 Å². The fourth-order valence-electron chi connectivity index (χ4n) is 4.94. The second-order valence-corrected chi connectivity index (χ2v) is 10.2. The van der Waals surface area contributed by atoms with Gasteiger partial charge in [0.2, 0.25) is 0 Å². The van der Waals surface area contributed by atoms with Crippen LogP contribution in [0.3, 0.4) is 0 Å². The molecule has 2 aromatic carbocycles. The highest BCUT2D eigenvalue weighted by Gasteiger charge is 2.32. The number of carboxylic acids is 1. The SMILES string of the molecule is Cc1cc(-c2ccc(C#N)cn2)ccc1COc1ccc(C(F)(F)F)cc1-c1cccc(N2CCC(C(=O)O)CC2)n1. The molecule has 0 radical (unpaired) electrons. The van der Waals surface area contributed by atoms with Crippen molar-refractivity contribution in [2.45, 2.75) is 32.5 Å². The topological polar surface area (TPSA) is 99.3 Å². The average molecular weight is 573 g/mol. The second-order valence-electron chi connectivity index (χ2n) is 10.2. The van der Waals surface area contributed by atoms with Crippen LogP contribution in [-0.2, 0) is 17.6 Å². The molecule has 1 fully saturated rings. The Morgan fingerprint density at radius 2 is 1.86 bits per heavy atom. The van der Waals surface area contributed by atoms with Crippen LogP contribution in [0.2, 0.25) is 0 Å². The van der Waals surface area contributed by atoms with E-state index in [2.05, 4.69) is 9.97 Å². The van der Waals surface area contributed by atoms with Crippen molar-refractivity contribution in [3.63, 3.8) is 0 Å². The smallest absolute Gasteiger partial charge is 0.416 e. The number of anilines is 1. The number of aromatic nitrogens is 2. The number of aliphatic carboxylic acids is 1. The molecule has 2 aromatic heterocycles. The third-order valence-corrected chi connectivity index (χ3v) is 7.40. The van der Waals surface area contributed by atoms with Gasteiger partial charge in [-0.3, -0.25) is 9.78 Å². The standard InChI is InChI=1S/C32H27F3N4O3/c1-20-15-23(27-9-5-21(17-36)18-37-27)6-7-24(20)19-42-29-10-8-25(32(33,34)35)16-26(29)28-3-2-4-30(38-28)39-13-11-22(12-14-39)31(40)41/h2-10,15-16,18,22H,11-14,19H2,1H3,(H,40,41). The molecule has 4 aromatic rings. The number of benzene rings is 2. The van der Waals surface area contributed by atoms with Crippen molar-refractivity contribution in [1.82, 2.24) is 9.97 Å². The maximum atomic E-state index is 13.7. The zero-order chi connectivity index (χ0) is 29.9. The molecule has 0 aliphatic carbocycles. The first-order chi connectivity index (χ1) is 20.1. The van der Waals surface area contributed by atoms with Crippen molar-refractivity contribution in [1.29, 1.82) is 5.26 Å². The lowest BCUT2D eigenvalue weighted by Crippen LogP contribution is -2.36. The molecule has 0 unspecified atom stereocenters. The number of carbonyl (C=O) groups is 1. The summed E-state index contributed by atoms with van der Waals surface area (Å²) in [6.07, 6.45) is -2.10. The Hall–Kier alpha value is -4.91. The number of rotatable bonds is 7. The van der Waals surface area contributed by atoms with Crippen LogP contribution in [0.5, 0.6) is 5.75 Å². The molecule has 3 heterocycles. The molecule has 42 heavy (non-hydrogen) atoms. The maximum Gasteiger partial charge on any atom is 0.416 e. The Morgan fingerprint density at radius 1 is 1.07 bits per heavy atom. The van der Waals surface area contributed by atoms with Crippen molar-refractivity contribution in [3.05, 3.63) is 95.2 Å². The van der Waals surface area contributed by atoms with E-state index in [1.165, 1.54) is 12.3 Å². The zero-order valence-electron chi connectivity index (χ0n) is 22.7. The van der Waals surface area contributed by atoms with Crippen LogP contribution in [-0.4, -0.2) is 34.1 Å². The van der Waals surface area contributed by atoms with Gasteiger partial charge >= 0.3 is 12.1 Å². The Kier molecular flexibility index (Phi) is 8.11. The fourth-order valence-corrected chi connectivity index (χ4v) is 4.94. The number of aryl methyl sites for hydroxylation is 1. The predicted molar refractivity (Wildman–Crippen MR) is 151 cm³/mol. The van der Waals surface area contributed by atoms with E-state index in [0.717, 1.165) is 28.8 Å². The van der Waals surface area contributed by atoms with Gasteiger partial charge in [0.25, 0.3) is 0 Å². The highest BCUT2D eigenvalue weighted by Crippen LogP contribution is 2.38. The van der Waals surface area contributed by atoms with Crippen molar-refractivity contribution < 1.29 is 27.8 Å². The maximum absolute atomic E-state index is 13.7. The van der Waals surface area contributed by atoms with Gasteiger partial charge in [-0.15, -0.1) is 0 Å². The summed E-state index contributed by atoms with van der Waals surface area (Å²) in [4.78, 5) is 22.3. The summed E-state index contributed by atoms with van der Waals surface area (Å²) in [6, 6.07) is 19.7. The Balaban J connectivity index is 1.40. The number of piperidine rings is 1. The minimum Gasteiger partial charge on any atom is -0.488 e. The van der Waals surface area contributed by atoms with Crippen LogP contribution in [0.4, 0.5) is 19.0 Å². The number of hydrogen-bond donors (Lipinski definition) is 1. The average Bonchev–Trinajstić information content (AvgIpc) is 3.00. The molecule has 0 spiro atoms. The van der Waals surface area contributed by atoms with Crippen LogP contribution in [0.15, 0.2) is 72.9 Å². The lowest BCUT2D eigenvalue weighted by Gasteiger charge is -2.31. The van der Waals surface area contributed by atoms with E-state index < -0.39 is 23.6 Å². The Bertz CT molecular complexity index is 1640. The molecule has 1 aliphatic rings. The summed E-state index contributed by atoms with van der Waals surface area (Å²) in [5.41, 5.74) is 3.54. The van der Waals surface area contributed by atoms with Gasteiger partial charge in [0.15, 0.2) is 0 Å². The molecular formula is C32H27F3N4O3. The van der Waals surface area contributed by atoms with Gasteiger partial charge < -0.3 is 14.7 Å². The number of carboxylic acid groups (broad SMARTS) is 1. The molecular weight excluding hydrogens is 545 g/mol. The third kappa shape index (κ3) is 6.36. The minimum atomic E-state index is -4.55. The number of pyridine rings is 2. The second kappa shape index (κ2) is 11.9. The molecule has 214 valence electrons. The van der Waals surface area contributed by atoms with Crippen molar-refractivity contribution in [3.8, 4) is 34.3 Å². The molecule has 1 saturated heterocycles. The summed E-state index contributed by atoms with van der Waals surface area (Å²) in [5.74, 6) is -0.402. The van der Waals surface area contributed by atoms with E-state index in [1.807, 2.05) is 36.1 Å². The van der Waals surface area contributed by atoms with Crippen molar-refractivity contribution >= 4 is 11.8 Å². The van der Waals surface area contributed by atoms with E-state index >= 15 is 0 Å². The van der Waals surface area contributed by atoms with E-state index in [1.54, 1.807) is 30.3 Å². The van der Waals surface area contributed by atoms with Crippen LogP contribution < -0.4 is 9.64 Å². The van der Waals surface area contributed by atoms with Crippen molar-refractivity contribution in [2.24, 2.45) is 5.92 Å². The normalized spacial score (nSPS) is 13.9. The van der Waals surface area contributed by atoms with Gasteiger partial charge in [-0.25, -0.2) is 4.98 Å². The Morgan fingerprint density at radius 3 is 2.50 bits per heavy atom. The molecule has 1 N–H and O–H groups in total. The predicted octanol–water partition coefficient (Wildman–Crippen LogP) is 6.89. The minimum absolute atomic E-state index is 0.119. The molecule has 0 saturated carbocycles. The lowest BCUT2D eigenvalue weighted by molar-refractivity contribution is -0.142. The largest absolute Gasteiger partial charge is 0.488 e. The summed E-state index contributed by atoms with van der Waals surface area (Å²) in [7, 11) is 0. The highest BCUT2D eigenvalue weighted by atomic mass is 19.4. The van der Waals surface area contributed by atoms with Gasteiger partial charge in [-0.1, -0.05) is 18.2 Å². The van der Waals surface area contributed by atoms with E-state index in [-0.39, 0.29) is 17.9 Å². The first kappa shape index (κ1) is 28.6. The fraction of sp³-hybridized carbons (Fsp3) is 0.250. The zero-order valence-corrected chi connectivity index (χ0v) is 22.7. The first-order valence-electron chi connectivity index (χ1n) is 13.4. The van der Waals surface area contributed by atoms with Gasteiger partial charge in [0.1, 0.15) is 24.2 Å². The van der Waals surface area contributed by atoms with Crippen LogP contribution in [0.1, 0.15) is 35.1 Å². The number of nitriles is 1. The summed E-state index contributed by atoms with van der Waals surface area (Å²) >= 11 is 0. The van der Waals surface area contributed by atoms with Gasteiger partial charge in [-0.2, -0.15) is 18.4 Å². The number of hydrogen-bond acceptors (Lipinski definition) is 6. The molecule has 5 rings (SSSR count). The number of ether oxygens (including phenoxy) is 1. The van der Waals surface area contributed by atoms with Crippen LogP contribution >= 0.6 is 0 Å². The van der Waals surface area contributed by atoms with Crippen LogP contribution in [0, 0.1) is 24.2 Å². The van der Waals surface area contributed by atoms with E-state index in [9.17, 15) is 23.1 Å². The lowest BCUT2D eigenvalue weighted by atomic mass is 9.97. The number of halogens is 3. The highest BCUT2D eigenvalue weighted by molar-refractivity contribution is 5.71. The van der Waals surface area contributed by atoms with Gasteiger partial charge in [0.05, 0.1) is 28.4 Å². The Labute approximate surface area is 240 Å². The summed E-state index contributed by atoms with van der Waals surface area (Å²) in [6.45, 7) is 3.02. The third-order valence-electron chi connectivity index (χ3n) is 7.40. The summed E-state index contributed by atoms with van der Waals surface area (Å²) < 4.78 is 47.1. The first-order valence-corrected chi connectivity index (χ1v) is 13.4.